The number of rotatable bonds is 2. The maximum Gasteiger partial charge on any atom is 0.0456 e. The molecule has 70 valence electrons. The molecule has 1 unspecified atom stereocenters. The number of aromatic amines is 1. The molecule has 1 N–H and O–H groups in total. The van der Waals surface area contributed by atoms with Crippen molar-refractivity contribution < 1.29 is 1.43 Å². The van der Waals surface area contributed by atoms with Gasteiger partial charge in [-0.2, -0.15) is 0 Å². The van der Waals surface area contributed by atoms with E-state index < -0.39 is 0 Å². The van der Waals surface area contributed by atoms with E-state index in [1.54, 1.807) is 0 Å². The standard InChI is InChI=1S/C12H15N.H2/c1-3-9(2)11-8-13-12-7-5-4-6-10(11)12;/h4-9,13H,3H2,1-2H3;1H. The maximum absolute atomic E-state index is 3.30. The van der Waals surface area contributed by atoms with Crippen molar-refractivity contribution in [3.8, 4) is 0 Å². The zero-order valence-electron chi connectivity index (χ0n) is 8.17. The Balaban J connectivity index is 0.000000980. The fourth-order valence-corrected chi connectivity index (χ4v) is 1.72. The lowest BCUT2D eigenvalue weighted by Crippen LogP contribution is -1.88. The van der Waals surface area contributed by atoms with Gasteiger partial charge >= 0.3 is 0 Å². The maximum atomic E-state index is 3.30. The molecule has 0 radical (unpaired) electrons. The Kier molecular flexibility index (Phi) is 2.09. The predicted octanol–water partition coefficient (Wildman–Crippen LogP) is 3.93. The number of aromatic nitrogens is 1. The summed E-state index contributed by atoms with van der Waals surface area (Å²) in [6, 6.07) is 8.48. The Hall–Kier alpha value is -1.24. The predicted molar refractivity (Wildman–Crippen MR) is 59.1 cm³/mol. The van der Waals surface area contributed by atoms with Crippen molar-refractivity contribution in [3.63, 3.8) is 0 Å². The van der Waals surface area contributed by atoms with Crippen molar-refractivity contribution in [1.82, 2.24) is 4.98 Å². The van der Waals surface area contributed by atoms with Crippen molar-refractivity contribution in [3.05, 3.63) is 36.0 Å². The summed E-state index contributed by atoms with van der Waals surface area (Å²) in [5.41, 5.74) is 2.69. The molecule has 1 nitrogen and oxygen atoms in total. The van der Waals surface area contributed by atoms with Gasteiger partial charge in [-0.3, -0.25) is 0 Å². The highest BCUT2D eigenvalue weighted by molar-refractivity contribution is 5.83. The molecule has 0 aliphatic rings. The molecule has 0 spiro atoms. The first kappa shape index (κ1) is 8.36. The molecule has 0 saturated heterocycles. The van der Waals surface area contributed by atoms with E-state index in [1.165, 1.54) is 22.9 Å². The second-order valence-electron chi connectivity index (χ2n) is 3.60. The molecule has 1 aromatic carbocycles. The molecule has 2 rings (SSSR count). The lowest BCUT2D eigenvalue weighted by molar-refractivity contribution is 0.739. The van der Waals surface area contributed by atoms with Crippen LogP contribution in [0, 0.1) is 0 Å². The van der Waals surface area contributed by atoms with Crippen LogP contribution in [-0.4, -0.2) is 4.98 Å². The number of para-hydroxylation sites is 1. The fraction of sp³-hybridized carbons (Fsp3) is 0.333. The van der Waals surface area contributed by atoms with Crippen LogP contribution in [0.2, 0.25) is 0 Å². The van der Waals surface area contributed by atoms with Gasteiger partial charge in [0.05, 0.1) is 0 Å². The Morgan fingerprint density at radius 2 is 2.15 bits per heavy atom. The molecule has 1 heterocycles. The molecule has 13 heavy (non-hydrogen) atoms. The fourth-order valence-electron chi connectivity index (χ4n) is 1.72. The van der Waals surface area contributed by atoms with Gasteiger partial charge in [0.1, 0.15) is 0 Å². The van der Waals surface area contributed by atoms with Crippen LogP contribution in [0.15, 0.2) is 30.5 Å². The van der Waals surface area contributed by atoms with Gasteiger partial charge in [0, 0.05) is 18.5 Å². The molecule has 0 aliphatic heterocycles. The summed E-state index contributed by atoms with van der Waals surface area (Å²) in [6.45, 7) is 4.50. The summed E-state index contributed by atoms with van der Waals surface area (Å²) >= 11 is 0. The minimum absolute atomic E-state index is 0. The monoisotopic (exact) mass is 175 g/mol. The van der Waals surface area contributed by atoms with Crippen molar-refractivity contribution in [2.45, 2.75) is 26.2 Å². The number of fused-ring (bicyclic) bond motifs is 1. The third-order valence-corrected chi connectivity index (χ3v) is 2.76. The van der Waals surface area contributed by atoms with E-state index in [-0.39, 0.29) is 1.43 Å². The van der Waals surface area contributed by atoms with Gasteiger partial charge in [-0.15, -0.1) is 0 Å². The summed E-state index contributed by atoms with van der Waals surface area (Å²) < 4.78 is 0. The first-order valence-electron chi connectivity index (χ1n) is 4.89. The van der Waals surface area contributed by atoms with Gasteiger partial charge < -0.3 is 4.98 Å². The van der Waals surface area contributed by atoms with Crippen LogP contribution in [0.4, 0.5) is 0 Å². The molecule has 2 aromatic rings. The Labute approximate surface area is 80.3 Å². The summed E-state index contributed by atoms with van der Waals surface area (Å²) in [5.74, 6) is 0.649. The van der Waals surface area contributed by atoms with Crippen molar-refractivity contribution in [2.75, 3.05) is 0 Å². The van der Waals surface area contributed by atoms with Gasteiger partial charge in [0.15, 0.2) is 0 Å². The normalized spacial score (nSPS) is 13.4. The van der Waals surface area contributed by atoms with E-state index in [0.717, 1.165) is 0 Å². The van der Waals surface area contributed by atoms with Gasteiger partial charge in [-0.05, 0) is 24.0 Å². The van der Waals surface area contributed by atoms with Gasteiger partial charge in [-0.1, -0.05) is 32.0 Å². The average Bonchev–Trinajstić information content (AvgIpc) is 2.60. The number of benzene rings is 1. The Morgan fingerprint density at radius 3 is 2.92 bits per heavy atom. The van der Waals surface area contributed by atoms with Gasteiger partial charge in [0.2, 0.25) is 0 Å². The minimum Gasteiger partial charge on any atom is -0.361 e. The summed E-state index contributed by atoms with van der Waals surface area (Å²) in [4.78, 5) is 3.30. The van der Waals surface area contributed by atoms with E-state index in [1.807, 2.05) is 0 Å². The summed E-state index contributed by atoms with van der Waals surface area (Å²) in [7, 11) is 0. The van der Waals surface area contributed by atoms with E-state index >= 15 is 0 Å². The van der Waals surface area contributed by atoms with Gasteiger partial charge in [-0.25, -0.2) is 0 Å². The van der Waals surface area contributed by atoms with Crippen LogP contribution < -0.4 is 0 Å². The van der Waals surface area contributed by atoms with Crippen molar-refractivity contribution in [1.29, 1.82) is 0 Å². The smallest absolute Gasteiger partial charge is 0.0456 e. The highest BCUT2D eigenvalue weighted by Gasteiger charge is 2.07. The van der Waals surface area contributed by atoms with Crippen molar-refractivity contribution >= 4 is 10.9 Å². The summed E-state index contributed by atoms with van der Waals surface area (Å²) in [6.07, 6.45) is 3.33. The molecule has 0 aliphatic carbocycles. The number of hydrogen-bond acceptors (Lipinski definition) is 0. The van der Waals surface area contributed by atoms with Crippen LogP contribution >= 0.6 is 0 Å². The molecule has 1 heteroatoms. The molecule has 1 atom stereocenters. The number of nitrogens with one attached hydrogen (secondary N) is 1. The molecular formula is C12H17N. The third-order valence-electron chi connectivity index (χ3n) is 2.76. The zero-order valence-corrected chi connectivity index (χ0v) is 8.17. The van der Waals surface area contributed by atoms with Crippen molar-refractivity contribution in [2.24, 2.45) is 0 Å². The molecule has 0 bridgehead atoms. The average molecular weight is 175 g/mol. The molecule has 0 saturated carbocycles. The highest BCUT2D eigenvalue weighted by Crippen LogP contribution is 2.26. The number of hydrogen-bond donors (Lipinski definition) is 1. The Bertz CT molecular complexity index is 405. The molecule has 0 fully saturated rings. The van der Waals surface area contributed by atoms with E-state index in [4.69, 9.17) is 0 Å². The van der Waals surface area contributed by atoms with E-state index in [0.29, 0.717) is 5.92 Å². The SMILES string of the molecule is CCC(C)c1c[nH]c2ccccc12.[HH]. The van der Waals surface area contributed by atoms with Gasteiger partial charge in [0.25, 0.3) is 0 Å². The second-order valence-corrected chi connectivity index (χ2v) is 3.60. The van der Waals surface area contributed by atoms with Crippen LogP contribution in [-0.2, 0) is 0 Å². The quantitative estimate of drug-likeness (QED) is 0.711. The molecule has 0 amide bonds. The third kappa shape index (κ3) is 1.35. The number of H-pyrrole nitrogens is 1. The molecular weight excluding hydrogens is 158 g/mol. The minimum atomic E-state index is 0. The van der Waals surface area contributed by atoms with Crippen LogP contribution in [0.3, 0.4) is 0 Å². The lowest BCUT2D eigenvalue weighted by atomic mass is 9.98. The first-order chi connectivity index (χ1) is 6.33. The van der Waals surface area contributed by atoms with E-state index in [9.17, 15) is 0 Å². The first-order valence-corrected chi connectivity index (χ1v) is 4.89. The second kappa shape index (κ2) is 3.25. The van der Waals surface area contributed by atoms with Crippen LogP contribution in [0.5, 0.6) is 0 Å². The van der Waals surface area contributed by atoms with E-state index in [2.05, 4.69) is 49.3 Å². The zero-order chi connectivity index (χ0) is 9.26. The summed E-state index contributed by atoms with van der Waals surface area (Å²) in [5, 5.41) is 1.37. The van der Waals surface area contributed by atoms with Crippen LogP contribution in [0.1, 0.15) is 33.2 Å². The highest BCUT2D eigenvalue weighted by atomic mass is 14.7. The topological polar surface area (TPSA) is 15.8 Å². The molecule has 1 aromatic heterocycles. The lowest BCUT2D eigenvalue weighted by Gasteiger charge is -2.05. The largest absolute Gasteiger partial charge is 0.361 e. The Morgan fingerprint density at radius 1 is 1.38 bits per heavy atom. The van der Waals surface area contributed by atoms with Crippen LogP contribution in [0.25, 0.3) is 10.9 Å².